The summed E-state index contributed by atoms with van der Waals surface area (Å²) in [4.78, 5) is 17.8. The molecular weight excluding hydrogens is 430 g/mol. The zero-order valence-corrected chi connectivity index (χ0v) is 19.0. The van der Waals surface area contributed by atoms with Gasteiger partial charge in [0.2, 0.25) is 0 Å². The number of hydrogen-bond acceptors (Lipinski definition) is 6. The van der Waals surface area contributed by atoms with Crippen molar-refractivity contribution >= 4 is 28.2 Å². The number of ether oxygens (including phenoxy) is 3. The van der Waals surface area contributed by atoms with Gasteiger partial charge in [0.25, 0.3) is 5.56 Å². The molecule has 1 aliphatic rings. The highest BCUT2D eigenvalue weighted by Crippen LogP contribution is 2.31. The summed E-state index contributed by atoms with van der Waals surface area (Å²) >= 11 is 5.66. The van der Waals surface area contributed by atoms with Crippen LogP contribution in [0.4, 0.5) is 0 Å². The predicted molar refractivity (Wildman–Crippen MR) is 125 cm³/mol. The lowest BCUT2D eigenvalue weighted by Crippen LogP contribution is -2.43. The van der Waals surface area contributed by atoms with E-state index in [1.807, 2.05) is 29.2 Å². The average Bonchev–Trinajstić information content (AvgIpc) is 3.51. The summed E-state index contributed by atoms with van der Waals surface area (Å²) in [6.45, 7) is 2.18. The first-order valence-electron chi connectivity index (χ1n) is 10.5. The average molecular weight is 458 g/mol. The molecular formula is C23H27N3O5S. The van der Waals surface area contributed by atoms with Crippen LogP contribution < -0.4 is 20.3 Å². The molecule has 0 spiro atoms. The molecule has 170 valence electrons. The highest BCUT2D eigenvalue weighted by molar-refractivity contribution is 7.80. The van der Waals surface area contributed by atoms with Crippen LogP contribution in [0.5, 0.6) is 11.5 Å². The molecule has 2 N–H and O–H groups in total. The van der Waals surface area contributed by atoms with E-state index in [0.717, 1.165) is 30.6 Å². The number of benzene rings is 1. The predicted octanol–water partition coefficient (Wildman–Crippen LogP) is 3.19. The van der Waals surface area contributed by atoms with Gasteiger partial charge in [-0.3, -0.25) is 4.79 Å². The number of hydrogen-bond donors (Lipinski definition) is 2. The highest BCUT2D eigenvalue weighted by Gasteiger charge is 2.22. The third-order valence-corrected chi connectivity index (χ3v) is 5.92. The number of methoxy groups -OCH3 is 2. The first-order chi connectivity index (χ1) is 15.6. The molecule has 0 saturated carbocycles. The third kappa shape index (κ3) is 5.05. The molecule has 1 saturated heterocycles. The first-order valence-corrected chi connectivity index (χ1v) is 10.9. The summed E-state index contributed by atoms with van der Waals surface area (Å²) in [6, 6.07) is 9.20. The van der Waals surface area contributed by atoms with Gasteiger partial charge in [0, 0.05) is 30.2 Å². The Bertz CT molecular complexity index is 1120. The van der Waals surface area contributed by atoms with E-state index in [1.54, 1.807) is 26.5 Å². The van der Waals surface area contributed by atoms with Crippen molar-refractivity contribution in [3.63, 3.8) is 0 Å². The van der Waals surface area contributed by atoms with Crippen LogP contribution in [0.1, 0.15) is 24.2 Å². The summed E-state index contributed by atoms with van der Waals surface area (Å²) in [7, 11) is 3.15. The molecule has 3 heterocycles. The number of aromatic amines is 1. The van der Waals surface area contributed by atoms with Crippen LogP contribution in [0.3, 0.4) is 0 Å². The number of furan rings is 1. The van der Waals surface area contributed by atoms with Crippen molar-refractivity contribution in [2.24, 2.45) is 0 Å². The molecule has 9 heteroatoms. The summed E-state index contributed by atoms with van der Waals surface area (Å²) in [6.07, 6.45) is 3.72. The maximum absolute atomic E-state index is 12.9. The Hall–Kier alpha value is -3.04. The van der Waals surface area contributed by atoms with Gasteiger partial charge in [-0.05, 0) is 49.3 Å². The monoisotopic (exact) mass is 457 g/mol. The highest BCUT2D eigenvalue weighted by atomic mass is 32.1. The van der Waals surface area contributed by atoms with Gasteiger partial charge < -0.3 is 33.8 Å². The van der Waals surface area contributed by atoms with Gasteiger partial charge in [-0.25, -0.2) is 0 Å². The molecule has 0 amide bonds. The summed E-state index contributed by atoms with van der Waals surface area (Å²) in [5.74, 6) is 1.95. The maximum Gasteiger partial charge on any atom is 0.253 e. The molecule has 1 unspecified atom stereocenters. The number of thiocarbonyl (C=S) groups is 1. The van der Waals surface area contributed by atoms with E-state index in [1.165, 1.54) is 0 Å². The fourth-order valence-corrected chi connectivity index (χ4v) is 4.05. The molecule has 0 aliphatic carbocycles. The summed E-state index contributed by atoms with van der Waals surface area (Å²) in [5.41, 5.74) is 1.11. The molecule has 4 rings (SSSR count). The van der Waals surface area contributed by atoms with Gasteiger partial charge in [-0.15, -0.1) is 0 Å². The van der Waals surface area contributed by atoms with Gasteiger partial charge in [0.05, 0.1) is 45.2 Å². The molecule has 32 heavy (non-hydrogen) atoms. The van der Waals surface area contributed by atoms with Crippen molar-refractivity contribution < 1.29 is 18.6 Å². The zero-order valence-electron chi connectivity index (χ0n) is 18.2. The normalized spacial score (nSPS) is 15.6. The number of rotatable bonds is 8. The molecule has 0 radical (unpaired) electrons. The topological polar surface area (TPSA) is 89.0 Å². The van der Waals surface area contributed by atoms with Crippen molar-refractivity contribution in [3.05, 3.63) is 58.3 Å². The van der Waals surface area contributed by atoms with Crippen molar-refractivity contribution in [2.45, 2.75) is 32.0 Å². The standard InChI is InChI=1S/C23H27N3O5S/c1-28-20-10-15-9-16(22(27)25-19(15)11-21(20)29-2)13-26(14-18-6-4-8-31-18)23(32)24-12-17-5-3-7-30-17/h3,5,7,9-11,18H,4,6,8,12-14H2,1-2H3,(H,24,32)(H,25,27). The van der Waals surface area contributed by atoms with Crippen molar-refractivity contribution in [2.75, 3.05) is 27.4 Å². The fraction of sp³-hybridized carbons (Fsp3) is 0.391. The Morgan fingerprint density at radius 3 is 2.78 bits per heavy atom. The quantitative estimate of drug-likeness (QED) is 0.499. The molecule has 1 aromatic carbocycles. The van der Waals surface area contributed by atoms with Gasteiger partial charge in [-0.1, -0.05) is 0 Å². The molecule has 3 aromatic rings. The van der Waals surface area contributed by atoms with Crippen molar-refractivity contribution in [1.82, 2.24) is 15.2 Å². The van der Waals surface area contributed by atoms with Crippen molar-refractivity contribution in [1.29, 1.82) is 0 Å². The second-order valence-corrected chi connectivity index (χ2v) is 8.06. The Labute approximate surface area is 191 Å². The molecule has 1 fully saturated rings. The summed E-state index contributed by atoms with van der Waals surface area (Å²) < 4.78 is 21.9. The minimum absolute atomic E-state index is 0.0854. The Kier molecular flexibility index (Phi) is 6.96. The first kappa shape index (κ1) is 22.2. The molecule has 2 aromatic heterocycles. The number of nitrogens with one attached hydrogen (secondary N) is 2. The lowest BCUT2D eigenvalue weighted by molar-refractivity contribution is 0.0896. The van der Waals surface area contributed by atoms with Crippen LogP contribution in [-0.4, -0.2) is 48.5 Å². The zero-order chi connectivity index (χ0) is 22.5. The Balaban J connectivity index is 1.58. The van der Waals surface area contributed by atoms with E-state index < -0.39 is 0 Å². The molecule has 1 aliphatic heterocycles. The van der Waals surface area contributed by atoms with Gasteiger partial charge in [0.1, 0.15) is 5.76 Å². The van der Waals surface area contributed by atoms with E-state index in [9.17, 15) is 4.79 Å². The minimum atomic E-state index is -0.170. The Morgan fingerprint density at radius 1 is 1.28 bits per heavy atom. The van der Waals surface area contributed by atoms with Gasteiger partial charge in [-0.2, -0.15) is 0 Å². The second-order valence-electron chi connectivity index (χ2n) is 7.67. The largest absolute Gasteiger partial charge is 0.493 e. The van der Waals surface area contributed by atoms with Crippen LogP contribution in [0, 0.1) is 0 Å². The van der Waals surface area contributed by atoms with Crippen LogP contribution in [0.2, 0.25) is 0 Å². The number of H-pyrrole nitrogens is 1. The van der Waals surface area contributed by atoms with Crippen LogP contribution in [0.15, 0.2) is 45.8 Å². The van der Waals surface area contributed by atoms with E-state index in [2.05, 4.69) is 10.3 Å². The maximum atomic E-state index is 12.9. The fourth-order valence-electron chi connectivity index (χ4n) is 3.84. The third-order valence-electron chi connectivity index (χ3n) is 5.52. The van der Waals surface area contributed by atoms with Crippen molar-refractivity contribution in [3.8, 4) is 11.5 Å². The van der Waals surface area contributed by atoms with E-state index >= 15 is 0 Å². The SMILES string of the molecule is COc1cc2cc(CN(CC3CCCO3)C(=S)NCc3ccco3)c(=O)[nH]c2cc1OC. The van der Waals surface area contributed by atoms with Gasteiger partial charge >= 0.3 is 0 Å². The molecule has 1 atom stereocenters. The molecule has 8 nitrogen and oxygen atoms in total. The van der Waals surface area contributed by atoms with E-state index in [0.29, 0.717) is 47.3 Å². The second kappa shape index (κ2) is 10.1. The van der Waals surface area contributed by atoms with Crippen LogP contribution in [0.25, 0.3) is 10.9 Å². The lowest BCUT2D eigenvalue weighted by atomic mass is 10.1. The van der Waals surface area contributed by atoms with E-state index in [4.69, 9.17) is 30.8 Å². The summed E-state index contributed by atoms with van der Waals surface area (Å²) in [5, 5.41) is 4.62. The smallest absolute Gasteiger partial charge is 0.253 e. The van der Waals surface area contributed by atoms with Crippen LogP contribution >= 0.6 is 12.2 Å². The molecule has 0 bridgehead atoms. The number of nitrogens with zero attached hydrogens (tertiary/aromatic N) is 1. The van der Waals surface area contributed by atoms with Crippen LogP contribution in [-0.2, 0) is 17.8 Å². The van der Waals surface area contributed by atoms with Gasteiger partial charge in [0.15, 0.2) is 16.6 Å². The number of aromatic nitrogens is 1. The van der Waals surface area contributed by atoms with E-state index in [-0.39, 0.29) is 11.7 Å². The number of fused-ring (bicyclic) bond motifs is 1. The lowest BCUT2D eigenvalue weighted by Gasteiger charge is -2.28. The minimum Gasteiger partial charge on any atom is -0.493 e. The Morgan fingerprint density at radius 2 is 2.09 bits per heavy atom. The number of pyridine rings is 1.